The average Bonchev–Trinajstić information content (AvgIpc) is 3.01. The number of nitrogens with one attached hydrogen (secondary N) is 1. The van der Waals surface area contributed by atoms with Gasteiger partial charge in [-0.2, -0.15) is 0 Å². The van der Waals surface area contributed by atoms with Gasteiger partial charge in [0.05, 0.1) is 11.4 Å². The van der Waals surface area contributed by atoms with Crippen molar-refractivity contribution in [2.45, 2.75) is 26.1 Å². The van der Waals surface area contributed by atoms with Crippen LogP contribution in [0.1, 0.15) is 34.5 Å². The van der Waals surface area contributed by atoms with Crippen LogP contribution in [0.25, 0.3) is 10.9 Å². The third kappa shape index (κ3) is 5.08. The molecule has 1 amide bonds. The molecular weight excluding hydrogens is 445 g/mol. The number of rotatable bonds is 6. The predicted octanol–water partition coefficient (Wildman–Crippen LogP) is 3.55. The number of aromatic hydroxyl groups is 1. The number of halogens is 3. The number of phenolic OH excluding ortho intramolecular Hbond substituents is 1. The first kappa shape index (κ1) is 23.6. The van der Waals surface area contributed by atoms with Gasteiger partial charge in [0.1, 0.15) is 18.0 Å². The number of alkyl halides is 3. The maximum absolute atomic E-state index is 13.2. The third-order valence-electron chi connectivity index (χ3n) is 5.01. The molecule has 3 rings (SSSR count). The lowest BCUT2D eigenvalue weighted by atomic mass is 9.97. The standard InChI is InChI=1S/C22H19F3N2O6/c1-11(20(31)26-10-18(29)30)19-12(2)27(17-8-5-14(28)9-16(17)19)21(32)13-3-6-15(7-4-13)33-22(23,24)25/h3-9,11,28H,10H2,1-2H3,(H,26,31)(H,29,30)/t11-/m1/s1. The number of hydrogen-bond donors (Lipinski definition) is 3. The van der Waals surface area contributed by atoms with Crippen LogP contribution in [0.3, 0.4) is 0 Å². The minimum atomic E-state index is -4.87. The second kappa shape index (κ2) is 8.85. The largest absolute Gasteiger partial charge is 0.573 e. The van der Waals surface area contributed by atoms with Gasteiger partial charge in [-0.1, -0.05) is 0 Å². The van der Waals surface area contributed by atoms with E-state index in [1.54, 1.807) is 6.92 Å². The highest BCUT2D eigenvalue weighted by Crippen LogP contribution is 2.35. The van der Waals surface area contributed by atoms with Crippen LogP contribution in [0.4, 0.5) is 13.2 Å². The summed E-state index contributed by atoms with van der Waals surface area (Å²) in [5, 5.41) is 21.4. The quantitative estimate of drug-likeness (QED) is 0.514. The number of carbonyl (C=O) groups is 3. The molecule has 1 atom stereocenters. The van der Waals surface area contributed by atoms with Crippen molar-refractivity contribution in [3.8, 4) is 11.5 Å². The van der Waals surface area contributed by atoms with E-state index < -0.39 is 42.4 Å². The molecule has 1 aromatic heterocycles. The predicted molar refractivity (Wildman–Crippen MR) is 110 cm³/mol. The van der Waals surface area contributed by atoms with E-state index in [0.29, 0.717) is 22.2 Å². The normalized spacial score (nSPS) is 12.4. The number of phenols is 1. The fourth-order valence-electron chi connectivity index (χ4n) is 3.61. The van der Waals surface area contributed by atoms with Crippen LogP contribution in [-0.4, -0.2) is 45.5 Å². The van der Waals surface area contributed by atoms with Crippen molar-refractivity contribution in [2.75, 3.05) is 6.54 Å². The summed E-state index contributed by atoms with van der Waals surface area (Å²) < 4.78 is 42.3. The van der Waals surface area contributed by atoms with Gasteiger partial charge < -0.3 is 20.3 Å². The van der Waals surface area contributed by atoms with Crippen LogP contribution in [0.5, 0.6) is 11.5 Å². The first-order chi connectivity index (χ1) is 15.4. The average molecular weight is 464 g/mol. The van der Waals surface area contributed by atoms with Crippen molar-refractivity contribution >= 4 is 28.7 Å². The van der Waals surface area contributed by atoms with E-state index >= 15 is 0 Å². The summed E-state index contributed by atoms with van der Waals surface area (Å²) in [6.45, 7) is 2.52. The molecule has 0 aliphatic rings. The number of aliphatic carboxylic acids is 1. The molecule has 0 spiro atoms. The molecule has 0 fully saturated rings. The molecule has 0 saturated heterocycles. The van der Waals surface area contributed by atoms with Gasteiger partial charge in [0.2, 0.25) is 5.91 Å². The smallest absolute Gasteiger partial charge is 0.508 e. The SMILES string of the molecule is Cc1c([C@@H](C)C(=O)NCC(=O)O)c2cc(O)ccc2n1C(=O)c1ccc(OC(F)(F)F)cc1. The number of ether oxygens (including phenoxy) is 1. The minimum Gasteiger partial charge on any atom is -0.508 e. The fourth-order valence-corrected chi connectivity index (χ4v) is 3.61. The second-order valence-electron chi connectivity index (χ2n) is 7.25. The van der Waals surface area contributed by atoms with E-state index in [-0.39, 0.29) is 11.3 Å². The number of amides is 1. The zero-order valence-electron chi connectivity index (χ0n) is 17.4. The number of carboxylic acids is 1. The van der Waals surface area contributed by atoms with Gasteiger partial charge in [-0.05, 0) is 61.9 Å². The molecule has 11 heteroatoms. The van der Waals surface area contributed by atoms with Crippen molar-refractivity contribution in [3.63, 3.8) is 0 Å². The molecule has 1 heterocycles. The van der Waals surface area contributed by atoms with Crippen LogP contribution in [0, 0.1) is 6.92 Å². The number of nitrogens with zero attached hydrogens (tertiary/aromatic N) is 1. The van der Waals surface area contributed by atoms with E-state index in [4.69, 9.17) is 5.11 Å². The Kier molecular flexibility index (Phi) is 6.34. The minimum absolute atomic E-state index is 0.0622. The zero-order chi connectivity index (χ0) is 24.5. The number of carboxylic acid groups (broad SMARTS) is 1. The zero-order valence-corrected chi connectivity index (χ0v) is 17.4. The molecule has 33 heavy (non-hydrogen) atoms. The van der Waals surface area contributed by atoms with Crippen LogP contribution >= 0.6 is 0 Å². The topological polar surface area (TPSA) is 118 Å². The maximum Gasteiger partial charge on any atom is 0.573 e. The number of fused-ring (bicyclic) bond motifs is 1. The van der Waals surface area contributed by atoms with E-state index in [1.165, 1.54) is 41.8 Å². The van der Waals surface area contributed by atoms with E-state index in [1.807, 2.05) is 0 Å². The lowest BCUT2D eigenvalue weighted by molar-refractivity contribution is -0.274. The van der Waals surface area contributed by atoms with Crippen LogP contribution in [-0.2, 0) is 9.59 Å². The molecule has 0 aliphatic heterocycles. The lowest BCUT2D eigenvalue weighted by Gasteiger charge is -2.13. The Bertz CT molecular complexity index is 1230. The molecule has 3 N–H and O–H groups in total. The van der Waals surface area contributed by atoms with Gasteiger partial charge in [0, 0.05) is 16.6 Å². The summed E-state index contributed by atoms with van der Waals surface area (Å²) in [6, 6.07) is 8.58. The van der Waals surface area contributed by atoms with Crippen LogP contribution in [0.2, 0.25) is 0 Å². The van der Waals surface area contributed by atoms with Gasteiger partial charge in [-0.25, -0.2) is 0 Å². The monoisotopic (exact) mass is 464 g/mol. The summed E-state index contributed by atoms with van der Waals surface area (Å²) in [5.74, 6) is -3.86. The van der Waals surface area contributed by atoms with Crippen molar-refractivity contribution in [1.29, 1.82) is 0 Å². The molecular formula is C22H19F3N2O6. The summed E-state index contributed by atoms with van der Waals surface area (Å²) in [5.41, 5.74) is 1.18. The van der Waals surface area contributed by atoms with Crippen molar-refractivity contribution in [3.05, 3.63) is 59.3 Å². The first-order valence-corrected chi connectivity index (χ1v) is 9.63. The van der Waals surface area contributed by atoms with Crippen molar-refractivity contribution < 1.29 is 42.5 Å². The van der Waals surface area contributed by atoms with Gasteiger partial charge >= 0.3 is 12.3 Å². The van der Waals surface area contributed by atoms with Gasteiger partial charge in [-0.15, -0.1) is 13.2 Å². The van der Waals surface area contributed by atoms with Gasteiger partial charge in [0.15, 0.2) is 0 Å². The number of carbonyl (C=O) groups excluding carboxylic acids is 2. The molecule has 0 bridgehead atoms. The van der Waals surface area contributed by atoms with E-state index in [0.717, 1.165) is 12.1 Å². The van der Waals surface area contributed by atoms with Crippen LogP contribution < -0.4 is 10.1 Å². The van der Waals surface area contributed by atoms with Gasteiger partial charge in [0.25, 0.3) is 5.91 Å². The third-order valence-corrected chi connectivity index (χ3v) is 5.01. The highest BCUT2D eigenvalue weighted by Gasteiger charge is 2.31. The summed E-state index contributed by atoms with van der Waals surface area (Å²) >= 11 is 0. The Morgan fingerprint density at radius 2 is 1.76 bits per heavy atom. The molecule has 174 valence electrons. The molecule has 0 saturated carbocycles. The molecule has 2 aromatic carbocycles. The lowest BCUT2D eigenvalue weighted by Crippen LogP contribution is -2.32. The Morgan fingerprint density at radius 1 is 1.12 bits per heavy atom. The van der Waals surface area contributed by atoms with Crippen molar-refractivity contribution in [2.24, 2.45) is 0 Å². The number of aromatic nitrogens is 1. The van der Waals surface area contributed by atoms with Crippen molar-refractivity contribution in [1.82, 2.24) is 9.88 Å². The molecule has 0 aliphatic carbocycles. The summed E-state index contributed by atoms with van der Waals surface area (Å²) in [6.07, 6.45) is -4.87. The molecule has 0 unspecified atom stereocenters. The Balaban J connectivity index is 2.05. The summed E-state index contributed by atoms with van der Waals surface area (Å²) in [4.78, 5) is 36.5. The fraction of sp³-hybridized carbons (Fsp3) is 0.227. The first-order valence-electron chi connectivity index (χ1n) is 9.63. The van der Waals surface area contributed by atoms with Crippen LogP contribution in [0.15, 0.2) is 42.5 Å². The van der Waals surface area contributed by atoms with E-state index in [9.17, 15) is 32.7 Å². The molecule has 8 nitrogen and oxygen atoms in total. The highest BCUT2D eigenvalue weighted by molar-refractivity contribution is 6.05. The molecule has 0 radical (unpaired) electrons. The van der Waals surface area contributed by atoms with E-state index in [2.05, 4.69) is 10.1 Å². The molecule has 3 aromatic rings. The number of hydrogen-bond acceptors (Lipinski definition) is 5. The number of benzene rings is 2. The highest BCUT2D eigenvalue weighted by atomic mass is 19.4. The maximum atomic E-state index is 13.2. The van der Waals surface area contributed by atoms with Gasteiger partial charge in [-0.3, -0.25) is 19.0 Å². The Labute approximate surface area is 185 Å². The summed E-state index contributed by atoms with van der Waals surface area (Å²) in [7, 11) is 0. The Morgan fingerprint density at radius 3 is 2.33 bits per heavy atom. The Hall–Kier alpha value is -4.02. The second-order valence-corrected chi connectivity index (χ2v) is 7.25.